The van der Waals surface area contributed by atoms with E-state index in [0.29, 0.717) is 0 Å². The first-order valence-electron chi connectivity index (χ1n) is 7.49. The van der Waals surface area contributed by atoms with E-state index in [1.807, 2.05) is 0 Å². The van der Waals surface area contributed by atoms with Crippen molar-refractivity contribution in [3.63, 3.8) is 0 Å². The van der Waals surface area contributed by atoms with Gasteiger partial charge in [-0.3, -0.25) is 9.08 Å². The lowest BCUT2D eigenvalue weighted by atomic mass is 10.2. The van der Waals surface area contributed by atoms with E-state index in [1.165, 1.54) is 25.3 Å². The summed E-state index contributed by atoms with van der Waals surface area (Å²) in [5.41, 5.74) is 0. The van der Waals surface area contributed by atoms with Gasteiger partial charge in [0.05, 0.1) is 24.7 Å². The van der Waals surface area contributed by atoms with Crippen LogP contribution in [0, 0.1) is 0 Å². The first kappa shape index (κ1) is 18.9. The standard InChI is InChI=1S/C16H19NO7S/c1-3-9-23-16(19)17-11-12(10-14(17)15(18)22-2)24-25(20,21)13-7-5-4-6-8-13/h3-8,12,14H,1,9-11H2,2H3. The van der Waals surface area contributed by atoms with Crippen molar-refractivity contribution < 1.29 is 31.7 Å². The summed E-state index contributed by atoms with van der Waals surface area (Å²) in [6.45, 7) is 3.30. The molecule has 0 aromatic heterocycles. The number of benzene rings is 1. The van der Waals surface area contributed by atoms with Crippen LogP contribution in [0.15, 0.2) is 47.9 Å². The summed E-state index contributed by atoms with van der Waals surface area (Å²) in [6.07, 6.45) is -0.277. The van der Waals surface area contributed by atoms with E-state index in [2.05, 4.69) is 11.3 Å². The Kier molecular flexibility index (Phi) is 6.16. The summed E-state index contributed by atoms with van der Waals surface area (Å²) in [4.78, 5) is 25.0. The van der Waals surface area contributed by atoms with Gasteiger partial charge in [-0.15, -0.1) is 0 Å². The molecule has 1 aliphatic rings. The van der Waals surface area contributed by atoms with Crippen molar-refractivity contribution in [3.8, 4) is 0 Å². The second kappa shape index (κ2) is 8.13. The molecule has 0 radical (unpaired) electrons. The second-order valence-corrected chi connectivity index (χ2v) is 6.85. The van der Waals surface area contributed by atoms with E-state index < -0.39 is 34.3 Å². The number of methoxy groups -OCH3 is 1. The number of carbonyl (C=O) groups excluding carboxylic acids is 2. The van der Waals surface area contributed by atoms with Crippen LogP contribution in [-0.4, -0.2) is 57.8 Å². The van der Waals surface area contributed by atoms with Gasteiger partial charge in [0.15, 0.2) is 0 Å². The van der Waals surface area contributed by atoms with E-state index in [9.17, 15) is 18.0 Å². The molecule has 1 aliphatic heterocycles. The molecule has 1 aromatic carbocycles. The zero-order valence-electron chi connectivity index (χ0n) is 13.7. The average molecular weight is 369 g/mol. The fourth-order valence-electron chi connectivity index (χ4n) is 2.46. The molecule has 1 saturated heterocycles. The Hall–Kier alpha value is -2.39. The molecule has 136 valence electrons. The van der Waals surface area contributed by atoms with E-state index in [-0.39, 0.29) is 24.5 Å². The zero-order valence-corrected chi connectivity index (χ0v) is 14.5. The van der Waals surface area contributed by atoms with Crippen molar-refractivity contribution in [2.24, 2.45) is 0 Å². The first-order chi connectivity index (χ1) is 11.9. The lowest BCUT2D eigenvalue weighted by Crippen LogP contribution is -2.41. The van der Waals surface area contributed by atoms with Crippen molar-refractivity contribution in [2.75, 3.05) is 20.3 Å². The predicted octanol–water partition coefficient (Wildman–Crippen LogP) is 1.33. The van der Waals surface area contributed by atoms with Gasteiger partial charge in [0, 0.05) is 6.42 Å². The number of carbonyl (C=O) groups is 2. The molecule has 2 unspecified atom stereocenters. The minimum absolute atomic E-state index is 0.00250. The van der Waals surface area contributed by atoms with Gasteiger partial charge in [0.1, 0.15) is 12.6 Å². The SMILES string of the molecule is C=CCOC(=O)N1CC(OS(=O)(=O)c2ccccc2)CC1C(=O)OC. The molecule has 9 heteroatoms. The van der Waals surface area contributed by atoms with Gasteiger partial charge in [0.25, 0.3) is 10.1 Å². The molecule has 0 N–H and O–H groups in total. The number of ether oxygens (including phenoxy) is 2. The molecule has 1 amide bonds. The van der Waals surface area contributed by atoms with Crippen LogP contribution in [0.25, 0.3) is 0 Å². The van der Waals surface area contributed by atoms with Crippen LogP contribution in [0.3, 0.4) is 0 Å². The van der Waals surface area contributed by atoms with Crippen molar-refractivity contribution in [1.29, 1.82) is 0 Å². The normalized spacial score (nSPS) is 20.1. The number of likely N-dealkylation sites (tertiary alicyclic amines) is 1. The summed E-state index contributed by atoms with van der Waals surface area (Å²) >= 11 is 0. The summed E-state index contributed by atoms with van der Waals surface area (Å²) in [6, 6.07) is 6.65. The fourth-order valence-corrected chi connectivity index (χ4v) is 3.56. The molecule has 1 heterocycles. The highest BCUT2D eigenvalue weighted by molar-refractivity contribution is 7.86. The summed E-state index contributed by atoms with van der Waals surface area (Å²) in [7, 11) is -2.83. The Bertz CT molecular complexity index is 732. The largest absolute Gasteiger partial charge is 0.467 e. The van der Waals surface area contributed by atoms with Crippen LogP contribution < -0.4 is 0 Å². The Labute approximate surface area is 146 Å². The molecule has 25 heavy (non-hydrogen) atoms. The van der Waals surface area contributed by atoms with E-state index in [0.717, 1.165) is 4.90 Å². The number of esters is 1. The fraction of sp³-hybridized carbons (Fsp3) is 0.375. The third kappa shape index (κ3) is 4.58. The van der Waals surface area contributed by atoms with Crippen LogP contribution >= 0.6 is 0 Å². The quantitative estimate of drug-likeness (QED) is 0.424. The maximum atomic E-state index is 12.3. The number of rotatable bonds is 6. The van der Waals surface area contributed by atoms with Crippen molar-refractivity contribution >= 4 is 22.2 Å². The zero-order chi connectivity index (χ0) is 18.4. The summed E-state index contributed by atoms with van der Waals surface area (Å²) in [5.74, 6) is -0.668. The van der Waals surface area contributed by atoms with Gasteiger partial charge in [-0.05, 0) is 12.1 Å². The number of hydrogen-bond donors (Lipinski definition) is 0. The molecule has 0 spiro atoms. The molecular formula is C16H19NO7S. The van der Waals surface area contributed by atoms with Crippen LogP contribution in [-0.2, 0) is 28.6 Å². The highest BCUT2D eigenvalue weighted by atomic mass is 32.2. The maximum Gasteiger partial charge on any atom is 0.410 e. The maximum absolute atomic E-state index is 12.3. The van der Waals surface area contributed by atoms with Crippen LogP contribution in [0.5, 0.6) is 0 Å². The van der Waals surface area contributed by atoms with Gasteiger partial charge in [-0.1, -0.05) is 30.9 Å². The van der Waals surface area contributed by atoms with Gasteiger partial charge in [0.2, 0.25) is 0 Å². The molecule has 1 aromatic rings. The van der Waals surface area contributed by atoms with Gasteiger partial charge in [-0.2, -0.15) is 8.42 Å². The monoisotopic (exact) mass is 369 g/mol. The van der Waals surface area contributed by atoms with E-state index >= 15 is 0 Å². The Balaban J connectivity index is 2.14. The van der Waals surface area contributed by atoms with Gasteiger partial charge in [-0.25, -0.2) is 9.59 Å². The smallest absolute Gasteiger partial charge is 0.410 e. The van der Waals surface area contributed by atoms with Gasteiger partial charge < -0.3 is 9.47 Å². The minimum Gasteiger partial charge on any atom is -0.467 e. The van der Waals surface area contributed by atoms with Crippen molar-refractivity contribution in [1.82, 2.24) is 4.90 Å². The number of amides is 1. The third-order valence-corrected chi connectivity index (χ3v) is 4.96. The average Bonchev–Trinajstić information content (AvgIpc) is 3.03. The number of nitrogens with zero attached hydrogens (tertiary/aromatic N) is 1. The molecular weight excluding hydrogens is 350 g/mol. The summed E-state index contributed by atoms with van der Waals surface area (Å²) < 4.78 is 39.4. The van der Waals surface area contributed by atoms with Gasteiger partial charge >= 0.3 is 12.1 Å². The molecule has 0 aliphatic carbocycles. The topological polar surface area (TPSA) is 99.2 Å². The highest BCUT2D eigenvalue weighted by Crippen LogP contribution is 2.25. The first-order valence-corrected chi connectivity index (χ1v) is 8.90. The highest BCUT2D eigenvalue weighted by Gasteiger charge is 2.43. The molecule has 8 nitrogen and oxygen atoms in total. The predicted molar refractivity (Wildman–Crippen MR) is 87.2 cm³/mol. The molecule has 2 rings (SSSR count). The Morgan fingerprint density at radius 1 is 1.32 bits per heavy atom. The molecule has 1 fully saturated rings. The molecule has 0 bridgehead atoms. The minimum atomic E-state index is -4.01. The van der Waals surface area contributed by atoms with Crippen molar-refractivity contribution in [3.05, 3.63) is 43.0 Å². The van der Waals surface area contributed by atoms with E-state index in [1.54, 1.807) is 18.2 Å². The van der Waals surface area contributed by atoms with Crippen LogP contribution in [0.1, 0.15) is 6.42 Å². The molecule has 2 atom stereocenters. The van der Waals surface area contributed by atoms with Crippen molar-refractivity contribution in [2.45, 2.75) is 23.5 Å². The lowest BCUT2D eigenvalue weighted by Gasteiger charge is -2.21. The Morgan fingerprint density at radius 3 is 2.60 bits per heavy atom. The lowest BCUT2D eigenvalue weighted by molar-refractivity contribution is -0.145. The third-order valence-electron chi connectivity index (χ3n) is 3.59. The van der Waals surface area contributed by atoms with Crippen LogP contribution in [0.2, 0.25) is 0 Å². The second-order valence-electron chi connectivity index (χ2n) is 5.28. The van der Waals surface area contributed by atoms with E-state index in [4.69, 9.17) is 8.92 Å². The van der Waals surface area contributed by atoms with Crippen LogP contribution in [0.4, 0.5) is 4.79 Å². The number of hydrogen-bond acceptors (Lipinski definition) is 7. The Morgan fingerprint density at radius 2 is 2.00 bits per heavy atom. The molecule has 0 saturated carbocycles. The summed E-state index contributed by atoms with van der Waals surface area (Å²) in [5, 5.41) is 0.